The van der Waals surface area contributed by atoms with Gasteiger partial charge in [0.05, 0.1) is 0 Å². The Kier molecular flexibility index (Phi) is 8.32. The first-order valence-electron chi connectivity index (χ1n) is 8.00. The van der Waals surface area contributed by atoms with Crippen molar-refractivity contribution in [3.63, 3.8) is 0 Å². The van der Waals surface area contributed by atoms with Gasteiger partial charge in [-0.1, -0.05) is 64.7 Å². The van der Waals surface area contributed by atoms with E-state index >= 15 is 0 Å². The van der Waals surface area contributed by atoms with Crippen LogP contribution in [-0.4, -0.2) is 8.07 Å². The Morgan fingerprint density at radius 1 is 0.667 bits per heavy atom. The van der Waals surface area contributed by atoms with Crippen molar-refractivity contribution in [2.24, 2.45) is 0 Å². The maximum Gasteiger partial charge on any atom is 4.00 e. The molecule has 0 amide bonds. The Morgan fingerprint density at radius 3 is 1.08 bits per heavy atom. The molecule has 0 aromatic carbocycles. The van der Waals surface area contributed by atoms with Gasteiger partial charge < -0.3 is 14.9 Å². The molecule has 0 fully saturated rings. The van der Waals surface area contributed by atoms with Crippen molar-refractivity contribution in [1.29, 1.82) is 0 Å². The van der Waals surface area contributed by atoms with Gasteiger partial charge >= 0.3 is 21.7 Å². The Hall–Kier alpha value is -0.109. The van der Waals surface area contributed by atoms with Crippen LogP contribution in [0.5, 0.6) is 0 Å². The first-order chi connectivity index (χ1) is 9.40. The van der Waals surface area contributed by atoms with Crippen molar-refractivity contribution in [3.8, 4) is 0 Å². The molecule has 2 atom stereocenters. The third kappa shape index (κ3) is 3.06. The summed E-state index contributed by atoms with van der Waals surface area (Å²) in [7, 11) is -1.76. The van der Waals surface area contributed by atoms with Crippen LogP contribution in [0.3, 0.4) is 0 Å². The van der Waals surface area contributed by atoms with Gasteiger partial charge in [-0.05, 0) is 0 Å². The predicted molar refractivity (Wildman–Crippen MR) is 109 cm³/mol. The molecule has 2 heteroatoms. The molecule has 0 bridgehead atoms. The molecule has 0 saturated carbocycles. The molecule has 0 aliphatic heterocycles. The van der Waals surface area contributed by atoms with Gasteiger partial charge in [0.1, 0.15) is 0 Å². The van der Waals surface area contributed by atoms with Crippen molar-refractivity contribution in [3.05, 3.63) is 60.4 Å². The van der Waals surface area contributed by atoms with Gasteiger partial charge in [-0.25, -0.2) is 11.1 Å². The number of allylic oxidation sites excluding steroid dienone is 8. The monoisotopic (exact) mass is 376 g/mol. The molecule has 2 aliphatic carbocycles. The molecule has 0 spiro atoms. The van der Waals surface area contributed by atoms with Crippen LogP contribution >= 0.6 is 0 Å². The largest absolute Gasteiger partial charge is 4.00 e. The van der Waals surface area contributed by atoms with E-state index in [1.54, 1.807) is 0 Å². The Bertz CT molecular complexity index is 576. The zero-order chi connectivity index (χ0) is 16.4. The minimum Gasteiger partial charge on any atom is -0.358 e. The van der Waals surface area contributed by atoms with Crippen LogP contribution in [-0.2, 0) is 21.7 Å². The first kappa shape index (κ1) is 26.1. The summed E-state index contributed by atoms with van der Waals surface area (Å²) in [5, 5.41) is 0.185. The van der Waals surface area contributed by atoms with Crippen LogP contribution in [0, 0.1) is 27.0 Å². The second-order valence-corrected chi connectivity index (χ2v) is 13.1. The minimum absolute atomic E-state index is 0. The SMILES string of the molecule is CC1=[C-]C(C)([Si](C)(C)C2(C)[C-]=C(C)C(C)=C2C)C(C)=C1C.[CH3-].[CH3-].[Ti+4]. The molecular formula is C22H36SiTi. The molecule has 0 heterocycles. The van der Waals surface area contributed by atoms with Crippen molar-refractivity contribution < 1.29 is 21.7 Å². The Balaban J connectivity index is 0. The molecule has 0 radical (unpaired) electrons. The second-order valence-electron chi connectivity index (χ2n) is 7.88. The zero-order valence-corrected chi connectivity index (χ0v) is 20.6. The van der Waals surface area contributed by atoms with Gasteiger partial charge in [0.25, 0.3) is 0 Å². The van der Waals surface area contributed by atoms with Crippen LogP contribution in [0.15, 0.2) is 33.4 Å². The topological polar surface area (TPSA) is 0 Å². The Morgan fingerprint density at radius 2 is 0.917 bits per heavy atom. The molecule has 2 unspecified atom stereocenters. The predicted octanol–water partition coefficient (Wildman–Crippen LogP) is 7.31. The average molecular weight is 376 g/mol. The molecule has 0 aromatic heterocycles. The van der Waals surface area contributed by atoms with E-state index in [2.05, 4.69) is 80.6 Å². The van der Waals surface area contributed by atoms with Crippen LogP contribution < -0.4 is 0 Å². The van der Waals surface area contributed by atoms with E-state index in [0.717, 1.165) is 0 Å². The summed E-state index contributed by atoms with van der Waals surface area (Å²) < 4.78 is 0. The van der Waals surface area contributed by atoms with Gasteiger partial charge in [-0.15, -0.1) is 13.8 Å². The third-order valence-corrected chi connectivity index (χ3v) is 13.1. The average Bonchev–Trinajstić information content (AvgIpc) is 2.72. The van der Waals surface area contributed by atoms with Gasteiger partial charge in [-0.2, -0.15) is 22.3 Å². The maximum absolute atomic E-state index is 3.85. The Labute approximate surface area is 168 Å². The molecule has 0 N–H and O–H groups in total. The molecule has 0 nitrogen and oxygen atoms in total. The van der Waals surface area contributed by atoms with Gasteiger partial charge in [0.2, 0.25) is 0 Å². The second kappa shape index (κ2) is 7.64. The van der Waals surface area contributed by atoms with Crippen LogP contribution in [0.4, 0.5) is 0 Å². The number of hydrogen-bond acceptors (Lipinski definition) is 0. The van der Waals surface area contributed by atoms with Crippen molar-refractivity contribution in [2.45, 2.75) is 78.6 Å². The van der Waals surface area contributed by atoms with Crippen molar-refractivity contribution in [1.82, 2.24) is 0 Å². The molecule has 2 aliphatic rings. The van der Waals surface area contributed by atoms with Crippen LogP contribution in [0.1, 0.15) is 55.4 Å². The fourth-order valence-corrected chi connectivity index (χ4v) is 8.44. The quantitative estimate of drug-likeness (QED) is 0.350. The number of hydrogen-bond donors (Lipinski definition) is 0. The molecule has 0 aromatic rings. The molecule has 132 valence electrons. The van der Waals surface area contributed by atoms with Gasteiger partial charge in [0, 0.05) is 8.07 Å². The first-order valence-corrected chi connectivity index (χ1v) is 11.0. The maximum atomic E-state index is 3.85. The summed E-state index contributed by atoms with van der Waals surface area (Å²) >= 11 is 0. The van der Waals surface area contributed by atoms with E-state index in [4.69, 9.17) is 0 Å². The molecular weight excluding hydrogens is 340 g/mol. The van der Waals surface area contributed by atoms with Crippen molar-refractivity contribution in [2.75, 3.05) is 0 Å². The van der Waals surface area contributed by atoms with Crippen LogP contribution in [0.2, 0.25) is 23.2 Å². The summed E-state index contributed by atoms with van der Waals surface area (Å²) in [5.41, 5.74) is 8.62. The fraction of sp³-hybridized carbons (Fsp3) is 0.545. The normalized spacial score (nSPS) is 29.6. The smallest absolute Gasteiger partial charge is 0.358 e. The van der Waals surface area contributed by atoms with Gasteiger partial charge in [-0.3, -0.25) is 12.2 Å². The third-order valence-electron chi connectivity index (χ3n) is 7.12. The molecule has 0 saturated heterocycles. The zero-order valence-electron chi connectivity index (χ0n) is 18.0. The van der Waals surface area contributed by atoms with Gasteiger partial charge in [0.15, 0.2) is 0 Å². The van der Waals surface area contributed by atoms with E-state index in [0.29, 0.717) is 0 Å². The number of rotatable bonds is 2. The summed E-state index contributed by atoms with van der Waals surface area (Å²) in [5.74, 6) is 0. The minimum atomic E-state index is -1.76. The summed E-state index contributed by atoms with van der Waals surface area (Å²) in [6.07, 6.45) is 7.71. The fourth-order valence-electron chi connectivity index (χ4n) is 4.19. The summed E-state index contributed by atoms with van der Waals surface area (Å²) in [6.45, 7) is 23.4. The molecule has 2 rings (SSSR count). The van der Waals surface area contributed by atoms with E-state index in [-0.39, 0.29) is 46.6 Å². The van der Waals surface area contributed by atoms with E-state index in [1.165, 1.54) is 33.4 Å². The standard InChI is InChI=1S/C20H30Si.2CH3.Ti/c1-13-11-19(7,17(5)15(13)3)21(9,10)20(8)12-14(2)16(4)18(20)6;;;/h1-10H3;2*1H3;/q-2;2*-1;+4. The van der Waals surface area contributed by atoms with Crippen molar-refractivity contribution >= 4 is 8.07 Å². The van der Waals surface area contributed by atoms with E-state index in [9.17, 15) is 0 Å². The summed E-state index contributed by atoms with van der Waals surface area (Å²) in [4.78, 5) is 0. The van der Waals surface area contributed by atoms with Crippen LogP contribution in [0.25, 0.3) is 0 Å². The summed E-state index contributed by atoms with van der Waals surface area (Å²) in [6, 6.07) is 0. The van der Waals surface area contributed by atoms with E-state index in [1.807, 2.05) is 0 Å². The molecule has 24 heavy (non-hydrogen) atoms. The van der Waals surface area contributed by atoms with E-state index < -0.39 is 8.07 Å².